The van der Waals surface area contributed by atoms with Crippen molar-refractivity contribution in [3.05, 3.63) is 40.2 Å². The molecule has 100 valence electrons. The Labute approximate surface area is 121 Å². The van der Waals surface area contributed by atoms with Crippen LogP contribution in [0.5, 0.6) is 5.75 Å². The molecule has 0 aliphatic heterocycles. The Morgan fingerprint density at radius 2 is 2.10 bits per heavy atom. The van der Waals surface area contributed by atoms with E-state index in [2.05, 4.69) is 9.98 Å². The summed E-state index contributed by atoms with van der Waals surface area (Å²) in [6.07, 6.45) is 2.77. The zero-order chi connectivity index (χ0) is 14.1. The Hall–Kier alpha value is -2.25. The minimum absolute atomic E-state index is 0.137. The van der Waals surface area contributed by atoms with Gasteiger partial charge in [-0.2, -0.15) is 0 Å². The van der Waals surface area contributed by atoms with E-state index in [0.29, 0.717) is 10.0 Å². The van der Waals surface area contributed by atoms with Crippen LogP contribution >= 0.6 is 22.7 Å². The maximum absolute atomic E-state index is 10.7. The number of carbonyl (C=O) groups is 1. The summed E-state index contributed by atoms with van der Waals surface area (Å²) in [7, 11) is 0. The number of carboxylic acid groups (broad SMARTS) is 1. The molecular formula is C13H8N2O3S2. The number of aromatic hydroxyl groups is 1. The topological polar surface area (TPSA) is 82.8 Å². The number of thiazole rings is 1. The fourth-order valence-corrected chi connectivity index (χ4v) is 3.25. The van der Waals surface area contributed by atoms with Crippen molar-refractivity contribution in [1.82, 2.24) is 4.98 Å². The van der Waals surface area contributed by atoms with Gasteiger partial charge in [0.1, 0.15) is 10.6 Å². The number of rotatable bonds is 3. The smallest absolute Gasteiger partial charge is 0.347 e. The van der Waals surface area contributed by atoms with Gasteiger partial charge in [-0.3, -0.25) is 0 Å². The molecule has 1 aromatic carbocycles. The lowest BCUT2D eigenvalue weighted by Gasteiger charge is -1.89. The van der Waals surface area contributed by atoms with E-state index in [9.17, 15) is 9.90 Å². The molecule has 0 saturated carbocycles. The molecule has 0 atom stereocenters. The summed E-state index contributed by atoms with van der Waals surface area (Å²) in [4.78, 5) is 19.5. The van der Waals surface area contributed by atoms with Crippen LogP contribution < -0.4 is 0 Å². The number of benzene rings is 1. The van der Waals surface area contributed by atoms with E-state index in [1.165, 1.54) is 23.7 Å². The summed E-state index contributed by atoms with van der Waals surface area (Å²) < 4.78 is 0.969. The number of fused-ring (bicyclic) bond motifs is 1. The standard InChI is InChI=1S/C13H8N2O3S2/c16-11-7-3-1-2-4-8(7)19-9(11)5-14-13-15-6-10(20-13)12(17)18/h1-6,16H,(H,17,18)/b14-5+. The van der Waals surface area contributed by atoms with Gasteiger partial charge in [0.15, 0.2) is 0 Å². The van der Waals surface area contributed by atoms with Gasteiger partial charge in [-0.25, -0.2) is 14.8 Å². The Morgan fingerprint density at radius 3 is 2.80 bits per heavy atom. The van der Waals surface area contributed by atoms with Gasteiger partial charge in [-0.15, -0.1) is 11.3 Å². The lowest BCUT2D eigenvalue weighted by atomic mass is 10.2. The first-order chi connectivity index (χ1) is 9.65. The van der Waals surface area contributed by atoms with Crippen molar-refractivity contribution in [2.45, 2.75) is 0 Å². The summed E-state index contributed by atoms with van der Waals surface area (Å²) in [5.41, 5.74) is 0. The summed E-state index contributed by atoms with van der Waals surface area (Å²) >= 11 is 2.40. The first kappa shape index (κ1) is 12.8. The Bertz CT molecular complexity index is 820. The molecule has 0 saturated heterocycles. The van der Waals surface area contributed by atoms with E-state index < -0.39 is 5.97 Å². The summed E-state index contributed by atoms with van der Waals surface area (Å²) in [6, 6.07) is 7.52. The molecule has 0 spiro atoms. The molecule has 0 aliphatic carbocycles. The number of hydrogen-bond acceptors (Lipinski definition) is 6. The van der Waals surface area contributed by atoms with Gasteiger partial charge in [0.05, 0.1) is 17.3 Å². The third-order valence-corrected chi connectivity index (χ3v) is 4.58. The van der Waals surface area contributed by atoms with Crippen molar-refractivity contribution in [3.63, 3.8) is 0 Å². The highest BCUT2D eigenvalue weighted by Gasteiger charge is 2.10. The number of aliphatic imine (C=N–C) groups is 1. The van der Waals surface area contributed by atoms with Crippen LogP contribution in [-0.4, -0.2) is 27.4 Å². The van der Waals surface area contributed by atoms with Crippen molar-refractivity contribution in [3.8, 4) is 5.75 Å². The quantitative estimate of drug-likeness (QED) is 0.725. The highest BCUT2D eigenvalue weighted by molar-refractivity contribution is 7.21. The average molecular weight is 304 g/mol. The molecule has 2 aromatic heterocycles. The second-order valence-electron chi connectivity index (χ2n) is 3.88. The molecule has 20 heavy (non-hydrogen) atoms. The molecule has 2 heterocycles. The van der Waals surface area contributed by atoms with E-state index in [1.807, 2.05) is 24.3 Å². The largest absolute Gasteiger partial charge is 0.506 e. The first-order valence-corrected chi connectivity index (χ1v) is 7.22. The van der Waals surface area contributed by atoms with Gasteiger partial charge in [-0.1, -0.05) is 23.5 Å². The van der Waals surface area contributed by atoms with E-state index in [1.54, 1.807) is 0 Å². The summed E-state index contributed by atoms with van der Waals surface area (Å²) in [5, 5.41) is 20.0. The van der Waals surface area contributed by atoms with Gasteiger partial charge in [0.25, 0.3) is 0 Å². The van der Waals surface area contributed by atoms with Crippen LogP contribution in [0.4, 0.5) is 5.13 Å². The third-order valence-electron chi connectivity index (χ3n) is 2.59. The third kappa shape index (κ3) is 2.28. The molecule has 0 unspecified atom stereocenters. The Balaban J connectivity index is 1.93. The Kier molecular flexibility index (Phi) is 3.21. The SMILES string of the molecule is O=C(O)c1cnc(/N=C/c2sc3ccccc3c2O)s1. The van der Waals surface area contributed by atoms with Crippen LogP contribution in [-0.2, 0) is 0 Å². The number of thiophene rings is 1. The number of nitrogens with zero attached hydrogens (tertiary/aromatic N) is 2. The monoisotopic (exact) mass is 304 g/mol. The highest BCUT2D eigenvalue weighted by Crippen LogP contribution is 2.35. The maximum atomic E-state index is 10.7. The molecule has 0 radical (unpaired) electrons. The fourth-order valence-electron chi connectivity index (χ4n) is 1.68. The summed E-state index contributed by atoms with van der Waals surface area (Å²) in [5.74, 6) is -0.835. The molecule has 3 rings (SSSR count). The molecule has 0 amide bonds. The average Bonchev–Trinajstić information content (AvgIpc) is 3.03. The predicted octanol–water partition coefficient (Wildman–Crippen LogP) is 3.51. The van der Waals surface area contributed by atoms with Crippen molar-refractivity contribution < 1.29 is 15.0 Å². The van der Waals surface area contributed by atoms with E-state index in [0.717, 1.165) is 21.4 Å². The van der Waals surface area contributed by atoms with Gasteiger partial charge >= 0.3 is 5.97 Å². The van der Waals surface area contributed by atoms with E-state index >= 15 is 0 Å². The van der Waals surface area contributed by atoms with Crippen LogP contribution in [0.25, 0.3) is 10.1 Å². The molecule has 5 nitrogen and oxygen atoms in total. The van der Waals surface area contributed by atoms with E-state index in [-0.39, 0.29) is 10.6 Å². The molecule has 3 aromatic rings. The number of hydrogen-bond donors (Lipinski definition) is 2. The minimum atomic E-state index is -1.02. The summed E-state index contributed by atoms with van der Waals surface area (Å²) in [6.45, 7) is 0. The molecular weight excluding hydrogens is 296 g/mol. The van der Waals surface area contributed by atoms with Gasteiger partial charge < -0.3 is 10.2 Å². The van der Waals surface area contributed by atoms with Gasteiger partial charge in [0, 0.05) is 10.1 Å². The van der Waals surface area contributed by atoms with Crippen LogP contribution in [0.15, 0.2) is 35.5 Å². The lowest BCUT2D eigenvalue weighted by molar-refractivity contribution is 0.0702. The van der Waals surface area contributed by atoms with Gasteiger partial charge in [0.2, 0.25) is 5.13 Å². The molecule has 0 aliphatic rings. The molecule has 0 bridgehead atoms. The lowest BCUT2D eigenvalue weighted by Crippen LogP contribution is -1.89. The highest BCUT2D eigenvalue weighted by atomic mass is 32.1. The van der Waals surface area contributed by atoms with Crippen molar-refractivity contribution in [1.29, 1.82) is 0 Å². The fraction of sp³-hybridized carbons (Fsp3) is 0. The molecule has 7 heteroatoms. The minimum Gasteiger partial charge on any atom is -0.506 e. The second-order valence-corrected chi connectivity index (χ2v) is 5.97. The van der Waals surface area contributed by atoms with Crippen LogP contribution in [0.1, 0.15) is 14.5 Å². The van der Waals surface area contributed by atoms with E-state index in [4.69, 9.17) is 5.11 Å². The first-order valence-electron chi connectivity index (χ1n) is 5.59. The number of carboxylic acids is 1. The normalized spacial score (nSPS) is 11.4. The van der Waals surface area contributed by atoms with Crippen molar-refractivity contribution >= 4 is 50.1 Å². The second kappa shape index (κ2) is 5.03. The zero-order valence-electron chi connectivity index (χ0n) is 9.98. The van der Waals surface area contributed by atoms with Gasteiger partial charge in [-0.05, 0) is 12.1 Å². The molecule has 0 fully saturated rings. The maximum Gasteiger partial charge on any atom is 0.347 e. The number of aromatic nitrogens is 1. The van der Waals surface area contributed by atoms with Crippen LogP contribution in [0.2, 0.25) is 0 Å². The van der Waals surface area contributed by atoms with Crippen LogP contribution in [0, 0.1) is 0 Å². The Morgan fingerprint density at radius 1 is 1.30 bits per heavy atom. The van der Waals surface area contributed by atoms with Crippen LogP contribution in [0.3, 0.4) is 0 Å². The number of aromatic carboxylic acids is 1. The van der Waals surface area contributed by atoms with Crippen molar-refractivity contribution in [2.24, 2.45) is 4.99 Å². The predicted molar refractivity (Wildman–Crippen MR) is 79.8 cm³/mol. The van der Waals surface area contributed by atoms with Crippen molar-refractivity contribution in [2.75, 3.05) is 0 Å². The molecule has 2 N–H and O–H groups in total. The zero-order valence-corrected chi connectivity index (χ0v) is 11.6.